The molecule has 1 fully saturated rings. The maximum absolute atomic E-state index is 12.2. The summed E-state index contributed by atoms with van der Waals surface area (Å²) in [5, 5.41) is 11.2. The van der Waals surface area contributed by atoms with Gasteiger partial charge >= 0.3 is 17.3 Å². The average molecular weight is 338 g/mol. The number of piperazine rings is 1. The second kappa shape index (κ2) is 6.50. The summed E-state index contributed by atoms with van der Waals surface area (Å²) in [6.07, 6.45) is 0.977. The molecule has 0 aromatic carbocycles. The molecular weight excluding hydrogens is 316 g/mol. The van der Waals surface area contributed by atoms with Gasteiger partial charge in [-0.25, -0.2) is 4.79 Å². The summed E-state index contributed by atoms with van der Waals surface area (Å²) in [5.41, 5.74) is -1.53. The van der Waals surface area contributed by atoms with Crippen molar-refractivity contribution >= 4 is 17.5 Å². The first-order chi connectivity index (χ1) is 11.1. The van der Waals surface area contributed by atoms with E-state index in [1.807, 2.05) is 6.92 Å². The van der Waals surface area contributed by atoms with Gasteiger partial charge in [-0.1, -0.05) is 0 Å². The number of H-pyrrole nitrogens is 1. The summed E-state index contributed by atoms with van der Waals surface area (Å²) >= 11 is 0. The molecule has 1 atom stereocenters. The first-order valence-electron chi connectivity index (χ1n) is 7.71. The third kappa shape index (κ3) is 3.84. The van der Waals surface area contributed by atoms with E-state index in [-0.39, 0.29) is 11.7 Å². The molecule has 2 rings (SSSR count). The number of aromatic nitrogens is 1. The third-order valence-corrected chi connectivity index (χ3v) is 3.69. The molecular formula is C15H22N4O5. The predicted octanol–water partition coefficient (Wildman–Crippen LogP) is 1.73. The summed E-state index contributed by atoms with van der Waals surface area (Å²) in [4.78, 5) is 40.1. The Bertz CT molecular complexity index is 694. The molecule has 0 spiro atoms. The van der Waals surface area contributed by atoms with E-state index in [1.54, 1.807) is 30.6 Å². The number of nitro groups is 1. The van der Waals surface area contributed by atoms with Gasteiger partial charge in [0.05, 0.1) is 4.92 Å². The summed E-state index contributed by atoms with van der Waals surface area (Å²) < 4.78 is 5.37. The van der Waals surface area contributed by atoms with Crippen LogP contribution < -0.4 is 10.5 Å². The fraction of sp³-hybridized carbons (Fsp3) is 0.600. The van der Waals surface area contributed by atoms with Gasteiger partial charge in [0, 0.05) is 31.9 Å². The number of hydrogen-bond donors (Lipinski definition) is 1. The van der Waals surface area contributed by atoms with Crippen LogP contribution >= 0.6 is 0 Å². The van der Waals surface area contributed by atoms with Crippen LogP contribution in [0.25, 0.3) is 0 Å². The van der Waals surface area contributed by atoms with Crippen molar-refractivity contribution in [1.82, 2.24) is 9.88 Å². The van der Waals surface area contributed by atoms with E-state index in [1.165, 1.54) is 12.3 Å². The zero-order valence-electron chi connectivity index (χ0n) is 14.2. The Balaban J connectivity index is 2.17. The number of pyridine rings is 1. The van der Waals surface area contributed by atoms with E-state index in [4.69, 9.17) is 4.74 Å². The third-order valence-electron chi connectivity index (χ3n) is 3.69. The maximum Gasteiger partial charge on any atom is 0.410 e. The number of carbonyl (C=O) groups is 1. The first kappa shape index (κ1) is 17.8. The fourth-order valence-electron chi connectivity index (χ4n) is 2.66. The summed E-state index contributed by atoms with van der Waals surface area (Å²) in [7, 11) is 0. The number of ether oxygens (including phenoxy) is 1. The fourth-order valence-corrected chi connectivity index (χ4v) is 2.66. The van der Waals surface area contributed by atoms with Gasteiger partial charge in [-0.15, -0.1) is 0 Å². The highest BCUT2D eigenvalue weighted by atomic mass is 16.6. The van der Waals surface area contributed by atoms with Crippen molar-refractivity contribution in [2.75, 3.05) is 24.5 Å². The minimum atomic E-state index is -0.736. The van der Waals surface area contributed by atoms with Crippen molar-refractivity contribution < 1.29 is 14.5 Å². The normalized spacial score (nSPS) is 18.4. The van der Waals surface area contributed by atoms with Gasteiger partial charge in [-0.05, 0) is 33.8 Å². The molecule has 2 heterocycles. The predicted molar refractivity (Wildman–Crippen MR) is 88.3 cm³/mol. The van der Waals surface area contributed by atoms with E-state index in [2.05, 4.69) is 4.98 Å². The van der Waals surface area contributed by atoms with Gasteiger partial charge in [-0.3, -0.25) is 14.9 Å². The van der Waals surface area contributed by atoms with Gasteiger partial charge < -0.3 is 19.5 Å². The standard InChI is InChI=1S/C15H22N4O5/c1-10-9-17(7-8-18(10)14(21)24-15(2,3)4)11-5-6-16-13(20)12(11)19(22)23/h5-6,10H,7-9H2,1-4H3,(H,16,20)/t10-/m1/s1. The highest BCUT2D eigenvalue weighted by Gasteiger charge is 2.33. The molecule has 1 saturated heterocycles. The lowest BCUT2D eigenvalue weighted by Gasteiger charge is -2.40. The topological polar surface area (TPSA) is 109 Å². The van der Waals surface area contributed by atoms with Gasteiger partial charge in [0.25, 0.3) is 0 Å². The van der Waals surface area contributed by atoms with Crippen molar-refractivity contribution in [1.29, 1.82) is 0 Å². The molecule has 9 nitrogen and oxygen atoms in total. The quantitative estimate of drug-likeness (QED) is 0.650. The number of aromatic amines is 1. The molecule has 0 bridgehead atoms. The Morgan fingerprint density at radius 1 is 1.42 bits per heavy atom. The van der Waals surface area contributed by atoms with Crippen LogP contribution in [0.1, 0.15) is 27.7 Å². The molecule has 1 N–H and O–H groups in total. The van der Waals surface area contributed by atoms with Crippen molar-refractivity contribution in [3.05, 3.63) is 32.7 Å². The van der Waals surface area contributed by atoms with E-state index in [0.717, 1.165) is 0 Å². The van der Waals surface area contributed by atoms with Gasteiger partial charge in [0.15, 0.2) is 0 Å². The van der Waals surface area contributed by atoms with Crippen molar-refractivity contribution in [2.45, 2.75) is 39.3 Å². The minimum absolute atomic E-state index is 0.201. The monoisotopic (exact) mass is 338 g/mol. The molecule has 0 radical (unpaired) electrons. The van der Waals surface area contributed by atoms with Crippen LogP contribution in [-0.2, 0) is 4.74 Å². The Morgan fingerprint density at radius 3 is 2.62 bits per heavy atom. The number of rotatable bonds is 2. The van der Waals surface area contributed by atoms with Crippen LogP contribution in [0.3, 0.4) is 0 Å². The molecule has 24 heavy (non-hydrogen) atoms. The van der Waals surface area contributed by atoms with Crippen LogP contribution in [0.5, 0.6) is 0 Å². The number of anilines is 1. The molecule has 0 unspecified atom stereocenters. The lowest BCUT2D eigenvalue weighted by Crippen LogP contribution is -2.55. The van der Waals surface area contributed by atoms with Crippen LogP contribution in [0.15, 0.2) is 17.1 Å². The number of hydrogen-bond acceptors (Lipinski definition) is 6. The Labute approximate surface area is 139 Å². The van der Waals surface area contributed by atoms with Crippen LogP contribution in [0.2, 0.25) is 0 Å². The van der Waals surface area contributed by atoms with Crippen LogP contribution in [-0.4, -0.2) is 52.2 Å². The number of nitrogens with one attached hydrogen (secondary N) is 1. The second-order valence-corrected chi connectivity index (χ2v) is 6.77. The van der Waals surface area contributed by atoms with Crippen molar-refractivity contribution in [3.8, 4) is 0 Å². The van der Waals surface area contributed by atoms with Gasteiger partial charge in [0.1, 0.15) is 11.3 Å². The van der Waals surface area contributed by atoms with Crippen molar-refractivity contribution in [2.24, 2.45) is 0 Å². The summed E-state index contributed by atoms with van der Waals surface area (Å²) in [6.45, 7) is 8.36. The molecule has 9 heteroatoms. The van der Waals surface area contributed by atoms with Gasteiger partial charge in [0.2, 0.25) is 0 Å². The molecule has 1 aliphatic heterocycles. The number of amides is 1. The molecule has 1 aromatic rings. The van der Waals surface area contributed by atoms with Gasteiger partial charge in [-0.2, -0.15) is 0 Å². The second-order valence-electron chi connectivity index (χ2n) is 6.77. The Morgan fingerprint density at radius 2 is 2.08 bits per heavy atom. The van der Waals surface area contributed by atoms with Crippen LogP contribution in [0.4, 0.5) is 16.2 Å². The zero-order chi connectivity index (χ0) is 18.1. The zero-order valence-corrected chi connectivity index (χ0v) is 14.2. The molecule has 132 valence electrons. The molecule has 0 aliphatic carbocycles. The maximum atomic E-state index is 12.2. The van der Waals surface area contributed by atoms with Crippen molar-refractivity contribution in [3.63, 3.8) is 0 Å². The number of nitrogens with zero attached hydrogens (tertiary/aromatic N) is 3. The largest absolute Gasteiger partial charge is 0.444 e. The average Bonchev–Trinajstić information content (AvgIpc) is 2.44. The minimum Gasteiger partial charge on any atom is -0.444 e. The summed E-state index contributed by atoms with van der Waals surface area (Å²) in [5.74, 6) is 0. The molecule has 1 aromatic heterocycles. The Kier molecular flexibility index (Phi) is 4.81. The summed E-state index contributed by atoms with van der Waals surface area (Å²) in [6, 6.07) is 1.31. The molecule has 1 amide bonds. The van der Waals surface area contributed by atoms with E-state index >= 15 is 0 Å². The van der Waals surface area contributed by atoms with Crippen LogP contribution in [0, 0.1) is 10.1 Å². The van der Waals surface area contributed by atoms with E-state index < -0.39 is 27.9 Å². The Hall–Kier alpha value is -2.58. The smallest absolute Gasteiger partial charge is 0.410 e. The lowest BCUT2D eigenvalue weighted by atomic mass is 10.1. The molecule has 0 saturated carbocycles. The SMILES string of the molecule is C[C@@H]1CN(c2cc[nH]c(=O)c2[N+](=O)[O-])CCN1C(=O)OC(C)(C)C. The van der Waals surface area contributed by atoms with E-state index in [9.17, 15) is 19.7 Å². The molecule has 1 aliphatic rings. The highest BCUT2D eigenvalue weighted by Crippen LogP contribution is 2.26. The first-order valence-corrected chi connectivity index (χ1v) is 7.71. The highest BCUT2D eigenvalue weighted by molar-refractivity contribution is 5.70. The van der Waals surface area contributed by atoms with E-state index in [0.29, 0.717) is 19.6 Å². The lowest BCUT2D eigenvalue weighted by molar-refractivity contribution is -0.385. The number of carbonyl (C=O) groups excluding carboxylic acids is 1.